The van der Waals surface area contributed by atoms with Crippen molar-refractivity contribution in [1.29, 1.82) is 0 Å². The largest absolute Gasteiger partial charge is 0.494 e. The number of nitrogens with one attached hydrogen (secondary N) is 2. The molecule has 1 saturated heterocycles. The second kappa shape index (κ2) is 14.9. The smallest absolute Gasteiger partial charge is 0.328 e. The lowest BCUT2D eigenvalue weighted by atomic mass is 10.0. The molecule has 2 heterocycles. The number of nitrogens with two attached hydrogens (primary N) is 1. The van der Waals surface area contributed by atoms with E-state index < -0.39 is 24.0 Å². The first-order chi connectivity index (χ1) is 19.5. The van der Waals surface area contributed by atoms with E-state index in [4.69, 9.17) is 30.7 Å². The highest BCUT2D eigenvalue weighted by Crippen LogP contribution is 2.29. The molecular formula is C28H43FN7O5+. The number of carbonyl (C=O) groups is 2. The van der Waals surface area contributed by atoms with Crippen LogP contribution in [0.5, 0.6) is 5.75 Å². The molecule has 13 heteroatoms. The van der Waals surface area contributed by atoms with Crippen LogP contribution in [0.4, 0.5) is 10.1 Å². The molecule has 1 aromatic rings. The summed E-state index contributed by atoms with van der Waals surface area (Å²) >= 11 is 0. The predicted molar refractivity (Wildman–Crippen MR) is 155 cm³/mol. The van der Waals surface area contributed by atoms with Gasteiger partial charge in [0.05, 0.1) is 14.2 Å². The van der Waals surface area contributed by atoms with Gasteiger partial charge in [-0.2, -0.15) is 4.99 Å². The average Bonchev–Trinajstić information content (AvgIpc) is 3.20. The highest BCUT2D eigenvalue weighted by atomic mass is 19.1. The number of carboxylic acid groups (broad SMARTS) is 2. The number of rotatable bonds is 6. The third kappa shape index (κ3) is 8.97. The third-order valence-electron chi connectivity index (χ3n) is 7.88. The minimum Gasteiger partial charge on any atom is -0.494 e. The lowest BCUT2D eigenvalue weighted by Crippen LogP contribution is -2.70. The Morgan fingerprint density at radius 1 is 1.10 bits per heavy atom. The topological polar surface area (TPSA) is 162 Å². The lowest BCUT2D eigenvalue weighted by molar-refractivity contribution is -0.875. The van der Waals surface area contributed by atoms with E-state index in [1.165, 1.54) is 38.9 Å². The minimum absolute atomic E-state index is 0.215. The van der Waals surface area contributed by atoms with Gasteiger partial charge in [-0.25, -0.2) is 18.5 Å². The van der Waals surface area contributed by atoms with Crippen molar-refractivity contribution >= 4 is 29.5 Å². The summed E-state index contributed by atoms with van der Waals surface area (Å²) in [5, 5.41) is 22.6. The zero-order valence-corrected chi connectivity index (χ0v) is 24.1. The quantitative estimate of drug-likeness (QED) is 0.195. The van der Waals surface area contributed by atoms with Crippen LogP contribution in [0.15, 0.2) is 40.3 Å². The summed E-state index contributed by atoms with van der Waals surface area (Å²) in [5.74, 6) is -1.43. The van der Waals surface area contributed by atoms with Crippen molar-refractivity contribution in [1.82, 2.24) is 10.2 Å². The number of likely N-dealkylation sites (tertiary alicyclic amines) is 1. The number of quaternary nitrogens is 1. The maximum Gasteiger partial charge on any atom is 0.328 e. The number of hydrogen-bond acceptors (Lipinski definition) is 9. The number of halogens is 1. The van der Waals surface area contributed by atoms with Crippen molar-refractivity contribution in [2.24, 2.45) is 15.7 Å². The number of anilines is 1. The van der Waals surface area contributed by atoms with E-state index in [2.05, 4.69) is 29.6 Å². The van der Waals surface area contributed by atoms with Gasteiger partial charge in [0.2, 0.25) is 12.2 Å². The SMILES string of the molecule is COc1ccc(NC2=NC(NC3CCCCCC3)=NC(N)[N+]2(C)C2CCN(C)CC2)cc1F.O=C(O)/C=C\C(=O)O. The Balaban J connectivity index is 0.000000507. The number of benzene rings is 1. The molecule has 41 heavy (non-hydrogen) atoms. The number of piperidine rings is 1. The Bertz CT molecular complexity index is 1130. The average molecular weight is 577 g/mol. The van der Waals surface area contributed by atoms with E-state index in [-0.39, 0.29) is 11.8 Å². The molecule has 2 fully saturated rings. The summed E-state index contributed by atoms with van der Waals surface area (Å²) in [7, 11) is 5.71. The van der Waals surface area contributed by atoms with Gasteiger partial charge in [0, 0.05) is 55.9 Å². The minimum atomic E-state index is -1.26. The van der Waals surface area contributed by atoms with Crippen LogP contribution in [0.2, 0.25) is 0 Å². The van der Waals surface area contributed by atoms with Gasteiger partial charge in [-0.3, -0.25) is 11.1 Å². The van der Waals surface area contributed by atoms with Gasteiger partial charge < -0.3 is 25.2 Å². The molecule has 1 aromatic carbocycles. The normalized spacial score (nSPS) is 24.4. The molecule has 0 radical (unpaired) electrons. The fourth-order valence-corrected chi connectivity index (χ4v) is 5.37. The second-order valence-corrected chi connectivity index (χ2v) is 10.8. The van der Waals surface area contributed by atoms with Crippen LogP contribution < -0.4 is 21.1 Å². The summed E-state index contributed by atoms with van der Waals surface area (Å²) < 4.78 is 19.9. The molecule has 1 aliphatic carbocycles. The summed E-state index contributed by atoms with van der Waals surface area (Å²) in [6, 6.07) is 5.50. The van der Waals surface area contributed by atoms with Crippen LogP contribution in [0.25, 0.3) is 0 Å². The Hall–Kier alpha value is -3.55. The number of aliphatic imine (C=N–C) groups is 2. The maximum atomic E-state index is 14.4. The Labute approximate surface area is 240 Å². The molecule has 12 nitrogen and oxygen atoms in total. The van der Waals surface area contributed by atoms with Gasteiger partial charge >= 0.3 is 17.9 Å². The van der Waals surface area contributed by atoms with Crippen molar-refractivity contribution in [3.8, 4) is 5.75 Å². The molecule has 2 atom stereocenters. The molecule has 2 unspecified atom stereocenters. The molecular weight excluding hydrogens is 533 g/mol. The summed E-state index contributed by atoms with van der Waals surface area (Å²) in [6.07, 6.45) is 9.89. The number of methoxy groups -OCH3 is 1. The van der Waals surface area contributed by atoms with Crippen molar-refractivity contribution in [2.45, 2.75) is 69.7 Å². The summed E-state index contributed by atoms with van der Waals surface area (Å²) in [4.78, 5) is 31.2. The third-order valence-corrected chi connectivity index (χ3v) is 7.88. The number of aliphatic carboxylic acids is 2. The van der Waals surface area contributed by atoms with Gasteiger partial charge in [0.15, 0.2) is 11.6 Å². The Morgan fingerprint density at radius 2 is 1.71 bits per heavy atom. The number of carboxylic acids is 2. The van der Waals surface area contributed by atoms with E-state index in [9.17, 15) is 14.0 Å². The molecule has 226 valence electrons. The number of hydrogen-bond donors (Lipinski definition) is 5. The molecule has 3 aliphatic rings. The fourth-order valence-electron chi connectivity index (χ4n) is 5.37. The molecule has 0 spiro atoms. The Kier molecular flexibility index (Phi) is 11.6. The van der Waals surface area contributed by atoms with Gasteiger partial charge in [0.25, 0.3) is 0 Å². The molecule has 6 N–H and O–H groups in total. The summed E-state index contributed by atoms with van der Waals surface area (Å²) in [5.41, 5.74) is 7.36. The van der Waals surface area contributed by atoms with E-state index in [1.807, 2.05) is 0 Å². The van der Waals surface area contributed by atoms with Gasteiger partial charge in [-0.15, -0.1) is 4.99 Å². The van der Waals surface area contributed by atoms with Gasteiger partial charge in [0.1, 0.15) is 6.04 Å². The first kappa shape index (κ1) is 32.0. The van der Waals surface area contributed by atoms with E-state index in [0.29, 0.717) is 40.3 Å². The van der Waals surface area contributed by atoms with Crippen LogP contribution in [0.1, 0.15) is 51.4 Å². The predicted octanol–water partition coefficient (Wildman–Crippen LogP) is 2.78. The van der Waals surface area contributed by atoms with Crippen LogP contribution in [-0.2, 0) is 9.59 Å². The van der Waals surface area contributed by atoms with Crippen LogP contribution in [-0.4, -0.2) is 96.1 Å². The van der Waals surface area contributed by atoms with E-state index in [1.54, 1.807) is 12.1 Å². The highest BCUT2D eigenvalue weighted by molar-refractivity contribution is 6.00. The maximum absolute atomic E-state index is 14.4. The van der Waals surface area contributed by atoms with Crippen molar-refractivity contribution in [3.63, 3.8) is 0 Å². The second-order valence-electron chi connectivity index (χ2n) is 10.8. The standard InChI is InChI=1S/C24H39FN7O.C4H4O4/c1-31-14-12-19(13-15-31)32(2)22(26)29-23(27-17-8-6-4-5-7-9-17)30-24(32)28-18-10-11-21(33-3)20(25)16-18;5-3(6)1-2-4(7)8/h10-11,16-17,19,22H,4-9,12-15,26H2,1-3H3,(H2,27,28,29,30);1-2H,(H,5,6)(H,7,8)/q+1;/b;2-1-. The van der Waals surface area contributed by atoms with Gasteiger partial charge in [-0.05, 0) is 32.0 Å². The molecule has 0 bridgehead atoms. The number of nitrogens with zero attached hydrogens (tertiary/aromatic N) is 4. The monoisotopic (exact) mass is 576 g/mol. The number of ether oxygens (including phenoxy) is 1. The van der Waals surface area contributed by atoms with Crippen LogP contribution in [0, 0.1) is 5.82 Å². The zero-order chi connectivity index (χ0) is 30.0. The van der Waals surface area contributed by atoms with E-state index in [0.717, 1.165) is 38.8 Å². The lowest BCUT2D eigenvalue weighted by Gasteiger charge is -2.47. The summed E-state index contributed by atoms with van der Waals surface area (Å²) in [6.45, 7) is 2.01. The molecule has 0 amide bonds. The first-order valence-electron chi connectivity index (χ1n) is 14.0. The Morgan fingerprint density at radius 3 is 2.24 bits per heavy atom. The van der Waals surface area contributed by atoms with E-state index >= 15 is 0 Å². The van der Waals surface area contributed by atoms with Gasteiger partial charge in [-0.1, -0.05) is 25.7 Å². The fraction of sp³-hybridized carbons (Fsp3) is 0.571. The molecule has 4 rings (SSSR count). The van der Waals surface area contributed by atoms with Crippen molar-refractivity contribution in [3.05, 3.63) is 36.2 Å². The van der Waals surface area contributed by atoms with Crippen molar-refractivity contribution in [2.75, 3.05) is 39.6 Å². The zero-order valence-electron chi connectivity index (χ0n) is 24.1. The molecule has 0 aromatic heterocycles. The van der Waals surface area contributed by atoms with Crippen LogP contribution in [0.3, 0.4) is 0 Å². The highest BCUT2D eigenvalue weighted by Gasteiger charge is 2.47. The number of guanidine groups is 2. The van der Waals surface area contributed by atoms with Crippen molar-refractivity contribution < 1.29 is 33.4 Å². The molecule has 1 saturated carbocycles. The first-order valence-corrected chi connectivity index (χ1v) is 14.0. The molecule has 2 aliphatic heterocycles. The van der Waals surface area contributed by atoms with Crippen LogP contribution >= 0.6 is 0 Å².